The van der Waals surface area contributed by atoms with Crippen LogP contribution in [0.15, 0.2) is 34.2 Å². The summed E-state index contributed by atoms with van der Waals surface area (Å²) in [6.45, 7) is 4.27. The molecule has 1 saturated heterocycles. The number of hydrogen-bond acceptors (Lipinski definition) is 3. The third-order valence-electron chi connectivity index (χ3n) is 4.12. The summed E-state index contributed by atoms with van der Waals surface area (Å²) in [6, 6.07) is 5.46. The summed E-state index contributed by atoms with van der Waals surface area (Å²) >= 11 is 0. The fraction of sp³-hybridized carbons (Fsp3) is 0.562. The molecule has 1 aliphatic heterocycles. The minimum absolute atomic E-state index is 0.169. The van der Waals surface area contributed by atoms with Gasteiger partial charge >= 0.3 is 0 Å². The van der Waals surface area contributed by atoms with Crippen LogP contribution >= 0.6 is 0 Å². The Balaban J connectivity index is 1.92. The molecule has 1 aromatic carbocycles. The number of rotatable bonds is 4. The molecule has 0 radical (unpaired) electrons. The molecular weight excluding hydrogens is 317 g/mol. The van der Waals surface area contributed by atoms with Gasteiger partial charge in [0.2, 0.25) is 0 Å². The Labute approximate surface area is 137 Å². The Kier molecular flexibility index (Phi) is 5.98. The molecule has 0 aromatic heterocycles. The van der Waals surface area contributed by atoms with Gasteiger partial charge in [0.1, 0.15) is 10.7 Å². The second kappa shape index (κ2) is 7.77. The minimum atomic E-state index is -3.65. The Morgan fingerprint density at radius 1 is 1.35 bits per heavy atom. The number of halogens is 1. The smallest absolute Gasteiger partial charge is 0.193 e. The monoisotopic (exact) mass is 341 g/mol. The Hall–Kier alpha value is -1.63. The van der Waals surface area contributed by atoms with E-state index in [0.717, 1.165) is 32.0 Å². The van der Waals surface area contributed by atoms with Crippen LogP contribution in [0.5, 0.6) is 0 Å². The molecule has 0 saturated carbocycles. The van der Waals surface area contributed by atoms with Gasteiger partial charge in [-0.25, -0.2) is 12.8 Å². The van der Waals surface area contributed by atoms with E-state index in [-0.39, 0.29) is 17.2 Å². The van der Waals surface area contributed by atoms with Crippen molar-refractivity contribution in [1.29, 1.82) is 0 Å². The summed E-state index contributed by atoms with van der Waals surface area (Å²) in [5.41, 5.74) is 0. The van der Waals surface area contributed by atoms with E-state index >= 15 is 0 Å². The van der Waals surface area contributed by atoms with Gasteiger partial charge in [-0.15, -0.1) is 0 Å². The quantitative estimate of drug-likeness (QED) is 0.671. The molecule has 1 aromatic rings. The second-order valence-electron chi connectivity index (χ2n) is 5.89. The Morgan fingerprint density at radius 3 is 2.61 bits per heavy atom. The summed E-state index contributed by atoms with van der Waals surface area (Å²) in [6.07, 6.45) is 2.21. The standard InChI is InChI=1S/C16H24FN3O2S/c1-13-7-10-20(11-8-13)16(18-2)19-9-12-23(21,22)15-6-4-3-5-14(15)17/h3-6,13H,7-12H2,1-2H3,(H,18,19). The molecule has 7 heteroatoms. The summed E-state index contributed by atoms with van der Waals surface area (Å²) < 4.78 is 38.1. The fourth-order valence-electron chi connectivity index (χ4n) is 2.66. The molecule has 1 fully saturated rings. The van der Waals surface area contributed by atoms with Gasteiger partial charge in [0.05, 0.1) is 5.75 Å². The van der Waals surface area contributed by atoms with E-state index in [0.29, 0.717) is 11.9 Å². The lowest BCUT2D eigenvalue weighted by molar-refractivity contribution is 0.274. The maximum absolute atomic E-state index is 13.6. The molecule has 1 N–H and O–H groups in total. The first-order chi connectivity index (χ1) is 10.9. The summed E-state index contributed by atoms with van der Waals surface area (Å²) in [4.78, 5) is 6.10. The van der Waals surface area contributed by atoms with E-state index in [1.165, 1.54) is 18.2 Å². The molecule has 5 nitrogen and oxygen atoms in total. The predicted molar refractivity (Wildman–Crippen MR) is 89.8 cm³/mol. The first-order valence-electron chi connectivity index (χ1n) is 7.87. The minimum Gasteiger partial charge on any atom is -0.355 e. The molecule has 128 valence electrons. The fourth-order valence-corrected chi connectivity index (χ4v) is 3.90. The van der Waals surface area contributed by atoms with Crippen molar-refractivity contribution < 1.29 is 12.8 Å². The number of sulfone groups is 1. The van der Waals surface area contributed by atoms with Gasteiger partial charge in [-0.05, 0) is 30.9 Å². The zero-order valence-electron chi connectivity index (χ0n) is 13.6. The van der Waals surface area contributed by atoms with Gasteiger partial charge in [-0.1, -0.05) is 19.1 Å². The highest BCUT2D eigenvalue weighted by Crippen LogP contribution is 2.16. The lowest BCUT2D eigenvalue weighted by Crippen LogP contribution is -2.46. The van der Waals surface area contributed by atoms with Crippen LogP contribution in [0.25, 0.3) is 0 Å². The summed E-state index contributed by atoms with van der Waals surface area (Å²) in [7, 11) is -1.96. The molecule has 0 atom stereocenters. The molecule has 1 aliphatic rings. The molecule has 2 rings (SSSR count). The first-order valence-corrected chi connectivity index (χ1v) is 9.52. The third kappa shape index (κ3) is 4.67. The highest BCUT2D eigenvalue weighted by Gasteiger charge is 2.21. The van der Waals surface area contributed by atoms with E-state index in [4.69, 9.17) is 0 Å². The Bertz CT molecular complexity index is 653. The first kappa shape index (κ1) is 17.7. The van der Waals surface area contributed by atoms with Crippen molar-refractivity contribution in [2.24, 2.45) is 10.9 Å². The van der Waals surface area contributed by atoms with Crippen LogP contribution in [-0.4, -0.2) is 51.7 Å². The number of benzene rings is 1. The van der Waals surface area contributed by atoms with Crippen molar-refractivity contribution in [3.05, 3.63) is 30.1 Å². The van der Waals surface area contributed by atoms with Gasteiger partial charge in [0.25, 0.3) is 0 Å². The number of hydrogen-bond donors (Lipinski definition) is 1. The normalized spacial score (nSPS) is 17.3. The topological polar surface area (TPSA) is 61.8 Å². The molecule has 0 spiro atoms. The molecule has 0 unspecified atom stereocenters. The van der Waals surface area contributed by atoms with Crippen LogP contribution in [-0.2, 0) is 9.84 Å². The molecule has 1 heterocycles. The average Bonchev–Trinajstić information content (AvgIpc) is 2.53. The van der Waals surface area contributed by atoms with E-state index < -0.39 is 15.7 Å². The lowest BCUT2D eigenvalue weighted by atomic mass is 10.00. The van der Waals surface area contributed by atoms with E-state index in [1.54, 1.807) is 7.05 Å². The number of nitrogens with zero attached hydrogens (tertiary/aromatic N) is 2. The largest absolute Gasteiger partial charge is 0.355 e. The number of aliphatic imine (C=N–C) groups is 1. The maximum Gasteiger partial charge on any atom is 0.193 e. The Morgan fingerprint density at radius 2 is 2.00 bits per heavy atom. The zero-order valence-corrected chi connectivity index (χ0v) is 14.4. The number of piperidine rings is 1. The summed E-state index contributed by atoms with van der Waals surface area (Å²) in [5.74, 6) is 0.547. The molecule has 0 bridgehead atoms. The molecule has 0 aliphatic carbocycles. The van der Waals surface area contributed by atoms with E-state index in [2.05, 4.69) is 22.1 Å². The van der Waals surface area contributed by atoms with Crippen molar-refractivity contribution in [1.82, 2.24) is 10.2 Å². The van der Waals surface area contributed by atoms with Gasteiger partial charge in [0.15, 0.2) is 15.8 Å². The molecule has 0 amide bonds. The van der Waals surface area contributed by atoms with Crippen LogP contribution in [0.3, 0.4) is 0 Å². The highest BCUT2D eigenvalue weighted by atomic mass is 32.2. The number of guanidine groups is 1. The van der Waals surface area contributed by atoms with Crippen LogP contribution in [0, 0.1) is 11.7 Å². The second-order valence-corrected chi connectivity index (χ2v) is 7.97. The van der Waals surface area contributed by atoms with Gasteiger partial charge in [0, 0.05) is 26.7 Å². The zero-order chi connectivity index (χ0) is 16.9. The SMILES string of the molecule is CN=C(NCCS(=O)(=O)c1ccccc1F)N1CCC(C)CC1. The highest BCUT2D eigenvalue weighted by molar-refractivity contribution is 7.91. The molecule has 23 heavy (non-hydrogen) atoms. The maximum atomic E-state index is 13.6. The lowest BCUT2D eigenvalue weighted by Gasteiger charge is -2.32. The van der Waals surface area contributed by atoms with Crippen molar-refractivity contribution in [2.75, 3.05) is 32.4 Å². The molecular formula is C16H24FN3O2S. The van der Waals surface area contributed by atoms with Crippen molar-refractivity contribution in [3.63, 3.8) is 0 Å². The van der Waals surface area contributed by atoms with Crippen LogP contribution in [0.2, 0.25) is 0 Å². The van der Waals surface area contributed by atoms with Crippen molar-refractivity contribution in [3.8, 4) is 0 Å². The number of likely N-dealkylation sites (tertiary alicyclic amines) is 1. The van der Waals surface area contributed by atoms with Crippen LogP contribution in [0.4, 0.5) is 4.39 Å². The average molecular weight is 341 g/mol. The third-order valence-corrected chi connectivity index (χ3v) is 5.86. The number of nitrogens with one attached hydrogen (secondary N) is 1. The van der Waals surface area contributed by atoms with Crippen molar-refractivity contribution in [2.45, 2.75) is 24.7 Å². The van der Waals surface area contributed by atoms with E-state index in [1.807, 2.05) is 0 Å². The van der Waals surface area contributed by atoms with Crippen LogP contribution < -0.4 is 5.32 Å². The predicted octanol–water partition coefficient (Wildman–Crippen LogP) is 1.91. The van der Waals surface area contributed by atoms with Crippen molar-refractivity contribution >= 4 is 15.8 Å². The van der Waals surface area contributed by atoms with E-state index in [9.17, 15) is 12.8 Å². The van der Waals surface area contributed by atoms with Gasteiger partial charge in [-0.2, -0.15) is 0 Å². The van der Waals surface area contributed by atoms with Crippen LogP contribution in [0.1, 0.15) is 19.8 Å². The van der Waals surface area contributed by atoms with Gasteiger partial charge in [-0.3, -0.25) is 4.99 Å². The van der Waals surface area contributed by atoms with Gasteiger partial charge < -0.3 is 10.2 Å². The summed E-state index contributed by atoms with van der Waals surface area (Å²) in [5, 5.41) is 3.07.